The second kappa shape index (κ2) is 6.36. The van der Waals surface area contributed by atoms with Gasteiger partial charge in [0.2, 0.25) is 0 Å². The smallest absolute Gasteiger partial charge is 0.139 e. The van der Waals surface area contributed by atoms with E-state index in [9.17, 15) is 9.90 Å². The zero-order valence-electron chi connectivity index (χ0n) is 19.9. The van der Waals surface area contributed by atoms with E-state index in [1.54, 1.807) is 0 Å². The fourth-order valence-electron chi connectivity index (χ4n) is 8.90. The van der Waals surface area contributed by atoms with Gasteiger partial charge in [-0.2, -0.15) is 0 Å². The van der Waals surface area contributed by atoms with Crippen LogP contribution in [-0.2, 0) is 16.6 Å². The van der Waals surface area contributed by atoms with E-state index in [1.807, 2.05) is 0 Å². The molecule has 2 nitrogen and oxygen atoms in total. The number of ketones is 1. The number of rotatable bonds is 2. The normalized spacial score (nSPS) is 39.8. The van der Waals surface area contributed by atoms with Crippen molar-refractivity contribution in [3.8, 4) is 5.75 Å². The average Bonchev–Trinajstić information content (AvgIpc) is 3.11. The standard InChI is InChI=1S/C28H40O2/c1-16(2)19-15-22-18(24(17(3)4)25(19)30)7-8-20-21-9-11-26(5)12-10-23(29)28(21,26)14-13-27(20,22)6/h15-17,20-21,30H,7-14H2,1-6H3/t20?,21?,26-,27-,28+/m0/s1. The molecule has 1 aromatic rings. The molecule has 4 aliphatic rings. The SMILES string of the molecule is CC(C)c1cc2c(c(C(C)C)c1O)CCC1C3CC[C@@]4(C)CCC(=O)[C@@]34CC[C@]21C. The minimum absolute atomic E-state index is 0.0344. The Hall–Kier alpha value is -1.31. The Morgan fingerprint density at radius 1 is 0.933 bits per heavy atom. The molecule has 5 atom stereocenters. The van der Waals surface area contributed by atoms with Gasteiger partial charge in [-0.05, 0) is 96.1 Å². The lowest BCUT2D eigenvalue weighted by molar-refractivity contribution is -0.139. The third-order valence-corrected chi connectivity index (χ3v) is 10.5. The monoisotopic (exact) mass is 408 g/mol. The summed E-state index contributed by atoms with van der Waals surface area (Å²) in [5, 5.41) is 11.2. The van der Waals surface area contributed by atoms with Crippen LogP contribution in [0.25, 0.3) is 0 Å². The zero-order chi connectivity index (χ0) is 21.6. The number of aromatic hydroxyl groups is 1. The van der Waals surface area contributed by atoms with Crippen LogP contribution in [0.4, 0.5) is 0 Å². The first kappa shape index (κ1) is 20.6. The Balaban J connectivity index is 1.67. The summed E-state index contributed by atoms with van der Waals surface area (Å²) in [7, 11) is 0. The first-order valence-electron chi connectivity index (χ1n) is 12.5. The quantitative estimate of drug-likeness (QED) is 0.571. The number of hydrogen-bond donors (Lipinski definition) is 1. The number of hydrogen-bond acceptors (Lipinski definition) is 2. The molecule has 0 bridgehead atoms. The Labute approximate surface area is 182 Å². The van der Waals surface area contributed by atoms with Crippen molar-refractivity contribution in [1.29, 1.82) is 0 Å². The number of phenols is 1. The molecule has 0 amide bonds. The van der Waals surface area contributed by atoms with Gasteiger partial charge in [0, 0.05) is 17.4 Å². The Morgan fingerprint density at radius 2 is 1.67 bits per heavy atom. The van der Waals surface area contributed by atoms with E-state index >= 15 is 0 Å². The molecule has 0 saturated heterocycles. The van der Waals surface area contributed by atoms with Crippen molar-refractivity contribution < 1.29 is 9.90 Å². The van der Waals surface area contributed by atoms with Crippen LogP contribution < -0.4 is 0 Å². The van der Waals surface area contributed by atoms with E-state index < -0.39 is 0 Å². The molecule has 0 aromatic heterocycles. The summed E-state index contributed by atoms with van der Waals surface area (Å²) >= 11 is 0. The van der Waals surface area contributed by atoms with Crippen molar-refractivity contribution >= 4 is 5.78 Å². The second-order valence-electron chi connectivity index (χ2n) is 12.2. The van der Waals surface area contributed by atoms with E-state index in [-0.39, 0.29) is 16.2 Å². The molecule has 1 aromatic carbocycles. The molecule has 0 aliphatic heterocycles. The van der Waals surface area contributed by atoms with Crippen LogP contribution in [0.15, 0.2) is 6.07 Å². The first-order valence-corrected chi connectivity index (χ1v) is 12.5. The Kier molecular flexibility index (Phi) is 4.36. The van der Waals surface area contributed by atoms with Gasteiger partial charge < -0.3 is 5.11 Å². The minimum atomic E-state index is -0.0344. The largest absolute Gasteiger partial charge is 0.507 e. The average molecular weight is 409 g/mol. The fraction of sp³-hybridized carbons (Fsp3) is 0.750. The maximum absolute atomic E-state index is 13.3. The summed E-state index contributed by atoms with van der Waals surface area (Å²) in [5.74, 6) is 2.95. The molecule has 3 saturated carbocycles. The number of phenolic OH excluding ortho intramolecular Hbond substituents is 1. The number of Topliss-reactive ketones (excluding diaryl/α,β-unsaturated/α-hetero) is 1. The lowest BCUT2D eigenvalue weighted by atomic mass is 9.46. The third kappa shape index (κ3) is 2.29. The van der Waals surface area contributed by atoms with Gasteiger partial charge >= 0.3 is 0 Å². The predicted octanol–water partition coefficient (Wildman–Crippen LogP) is 7.02. The molecule has 2 heteroatoms. The highest BCUT2D eigenvalue weighted by atomic mass is 16.3. The van der Waals surface area contributed by atoms with Crippen LogP contribution in [0.3, 0.4) is 0 Å². The van der Waals surface area contributed by atoms with Gasteiger partial charge in [0.05, 0.1) is 0 Å². The molecule has 0 heterocycles. The maximum Gasteiger partial charge on any atom is 0.139 e. The highest BCUT2D eigenvalue weighted by molar-refractivity contribution is 5.89. The molecule has 1 N–H and O–H groups in total. The molecule has 0 radical (unpaired) electrons. The van der Waals surface area contributed by atoms with Gasteiger partial charge in [0.1, 0.15) is 11.5 Å². The minimum Gasteiger partial charge on any atom is -0.507 e. The van der Waals surface area contributed by atoms with Gasteiger partial charge in [-0.15, -0.1) is 0 Å². The molecule has 3 fully saturated rings. The molecule has 30 heavy (non-hydrogen) atoms. The molecule has 164 valence electrons. The van der Waals surface area contributed by atoms with Gasteiger partial charge in [-0.25, -0.2) is 0 Å². The number of carbonyl (C=O) groups is 1. The van der Waals surface area contributed by atoms with E-state index in [0.29, 0.717) is 35.2 Å². The summed E-state index contributed by atoms with van der Waals surface area (Å²) in [4.78, 5) is 13.3. The van der Waals surface area contributed by atoms with Crippen molar-refractivity contribution in [3.05, 3.63) is 28.3 Å². The molecular formula is C28H40O2. The summed E-state index contributed by atoms with van der Waals surface area (Å²) < 4.78 is 0. The van der Waals surface area contributed by atoms with Crippen LogP contribution in [0, 0.1) is 22.7 Å². The van der Waals surface area contributed by atoms with E-state index in [4.69, 9.17) is 0 Å². The number of benzene rings is 1. The molecule has 4 aliphatic carbocycles. The van der Waals surface area contributed by atoms with Gasteiger partial charge in [-0.1, -0.05) is 47.6 Å². The second-order valence-corrected chi connectivity index (χ2v) is 12.2. The molecular weight excluding hydrogens is 368 g/mol. The highest BCUT2D eigenvalue weighted by Gasteiger charge is 2.69. The van der Waals surface area contributed by atoms with Crippen LogP contribution in [0.5, 0.6) is 5.75 Å². The third-order valence-electron chi connectivity index (χ3n) is 10.5. The zero-order valence-corrected chi connectivity index (χ0v) is 19.9. The van der Waals surface area contributed by atoms with Crippen molar-refractivity contribution in [2.75, 3.05) is 0 Å². The van der Waals surface area contributed by atoms with E-state index in [0.717, 1.165) is 37.7 Å². The van der Waals surface area contributed by atoms with Gasteiger partial charge in [-0.3, -0.25) is 4.79 Å². The molecule has 2 unspecified atom stereocenters. The van der Waals surface area contributed by atoms with Crippen molar-refractivity contribution in [1.82, 2.24) is 0 Å². The summed E-state index contributed by atoms with van der Waals surface area (Å²) in [5.41, 5.74) is 5.61. The maximum atomic E-state index is 13.3. The first-order chi connectivity index (χ1) is 14.1. The number of carbonyl (C=O) groups excluding carboxylic acids is 1. The predicted molar refractivity (Wildman–Crippen MR) is 122 cm³/mol. The Morgan fingerprint density at radius 3 is 2.33 bits per heavy atom. The summed E-state index contributed by atoms with van der Waals surface area (Å²) in [6, 6.07) is 2.37. The summed E-state index contributed by atoms with van der Waals surface area (Å²) in [6.45, 7) is 13.8. The lowest BCUT2D eigenvalue weighted by Gasteiger charge is -2.57. The molecule has 5 rings (SSSR count). The lowest BCUT2D eigenvalue weighted by Crippen LogP contribution is -2.55. The fourth-order valence-corrected chi connectivity index (χ4v) is 8.90. The molecule has 1 spiro atoms. The van der Waals surface area contributed by atoms with Gasteiger partial charge in [0.15, 0.2) is 0 Å². The van der Waals surface area contributed by atoms with Crippen molar-refractivity contribution in [2.45, 2.75) is 110 Å². The van der Waals surface area contributed by atoms with E-state index in [1.165, 1.54) is 36.0 Å². The van der Waals surface area contributed by atoms with E-state index in [2.05, 4.69) is 47.6 Å². The van der Waals surface area contributed by atoms with Crippen LogP contribution in [0.2, 0.25) is 0 Å². The number of fused-ring (bicyclic) bond motifs is 4. The van der Waals surface area contributed by atoms with Crippen LogP contribution >= 0.6 is 0 Å². The van der Waals surface area contributed by atoms with Crippen molar-refractivity contribution in [3.63, 3.8) is 0 Å². The Bertz CT molecular complexity index is 912. The van der Waals surface area contributed by atoms with Crippen LogP contribution in [0.1, 0.15) is 121 Å². The van der Waals surface area contributed by atoms with Crippen LogP contribution in [-0.4, -0.2) is 10.9 Å². The topological polar surface area (TPSA) is 37.3 Å². The summed E-state index contributed by atoms with van der Waals surface area (Å²) in [6.07, 6.45) is 8.86. The van der Waals surface area contributed by atoms with Gasteiger partial charge in [0.25, 0.3) is 0 Å². The van der Waals surface area contributed by atoms with Crippen molar-refractivity contribution in [2.24, 2.45) is 22.7 Å². The highest BCUT2D eigenvalue weighted by Crippen LogP contribution is 2.73.